The molecular weight excluding hydrogens is 404 g/mol. The van der Waals surface area contributed by atoms with Crippen LogP contribution in [0.2, 0.25) is 0 Å². The number of carbonyl (C=O) groups is 4. The SMILES string of the molecule is CC(=O)OC(C)(C)CC(=O)O[C@H](CC=C(C)C)C1=CC(=O)c2c(O)ccc(O)c2C1=O. The van der Waals surface area contributed by atoms with E-state index in [2.05, 4.69) is 0 Å². The van der Waals surface area contributed by atoms with Gasteiger partial charge in [0, 0.05) is 18.9 Å². The average molecular weight is 430 g/mol. The van der Waals surface area contributed by atoms with Gasteiger partial charge in [0.05, 0.1) is 17.5 Å². The van der Waals surface area contributed by atoms with E-state index in [4.69, 9.17) is 9.47 Å². The van der Waals surface area contributed by atoms with Crippen molar-refractivity contribution in [2.75, 3.05) is 0 Å². The Morgan fingerprint density at radius 3 is 2.19 bits per heavy atom. The number of hydrogen-bond donors (Lipinski definition) is 2. The largest absolute Gasteiger partial charge is 0.507 e. The molecule has 31 heavy (non-hydrogen) atoms. The third-order valence-electron chi connectivity index (χ3n) is 4.53. The van der Waals surface area contributed by atoms with Crippen molar-refractivity contribution < 1.29 is 38.9 Å². The Morgan fingerprint density at radius 2 is 1.65 bits per heavy atom. The van der Waals surface area contributed by atoms with Crippen LogP contribution >= 0.6 is 0 Å². The van der Waals surface area contributed by atoms with Crippen molar-refractivity contribution in [2.24, 2.45) is 0 Å². The van der Waals surface area contributed by atoms with E-state index in [-0.39, 0.29) is 29.5 Å². The summed E-state index contributed by atoms with van der Waals surface area (Å²) in [6, 6.07) is 2.23. The molecule has 2 rings (SSSR count). The number of hydrogen-bond acceptors (Lipinski definition) is 8. The topological polar surface area (TPSA) is 127 Å². The van der Waals surface area contributed by atoms with E-state index in [0.717, 1.165) is 23.8 Å². The van der Waals surface area contributed by atoms with Gasteiger partial charge in [-0.3, -0.25) is 19.2 Å². The third kappa shape index (κ3) is 5.81. The van der Waals surface area contributed by atoms with Crippen LogP contribution in [0.15, 0.2) is 35.4 Å². The molecule has 1 aromatic rings. The van der Waals surface area contributed by atoms with Crippen LogP contribution in [-0.2, 0) is 19.1 Å². The molecule has 2 N–H and O–H groups in total. The van der Waals surface area contributed by atoms with Crippen molar-refractivity contribution >= 4 is 23.5 Å². The Bertz CT molecular complexity index is 993. The van der Waals surface area contributed by atoms with Gasteiger partial charge < -0.3 is 19.7 Å². The van der Waals surface area contributed by atoms with Gasteiger partial charge in [0.25, 0.3) is 0 Å². The summed E-state index contributed by atoms with van der Waals surface area (Å²) in [5.41, 5.74) is -0.966. The van der Waals surface area contributed by atoms with Gasteiger partial charge in [0.1, 0.15) is 23.2 Å². The summed E-state index contributed by atoms with van der Waals surface area (Å²) >= 11 is 0. The first kappa shape index (κ1) is 23.9. The monoisotopic (exact) mass is 430 g/mol. The molecule has 0 aliphatic heterocycles. The summed E-state index contributed by atoms with van der Waals surface area (Å²) in [6.07, 6.45) is 1.49. The highest BCUT2D eigenvalue weighted by molar-refractivity contribution is 6.27. The highest BCUT2D eigenvalue weighted by Gasteiger charge is 2.36. The van der Waals surface area contributed by atoms with Gasteiger partial charge in [-0.2, -0.15) is 0 Å². The van der Waals surface area contributed by atoms with Crippen LogP contribution < -0.4 is 0 Å². The maximum atomic E-state index is 13.1. The summed E-state index contributed by atoms with van der Waals surface area (Å²) in [7, 11) is 0. The van der Waals surface area contributed by atoms with Crippen LogP contribution in [0.1, 0.15) is 68.2 Å². The van der Waals surface area contributed by atoms with Crippen molar-refractivity contribution in [3.05, 3.63) is 46.6 Å². The number of aromatic hydroxyl groups is 2. The van der Waals surface area contributed by atoms with Gasteiger partial charge in [-0.1, -0.05) is 11.6 Å². The second kappa shape index (κ2) is 9.16. The second-order valence-electron chi connectivity index (χ2n) is 8.17. The number of phenols is 2. The molecule has 0 unspecified atom stereocenters. The molecule has 0 fully saturated rings. The highest BCUT2D eigenvalue weighted by atomic mass is 16.6. The average Bonchev–Trinajstić information content (AvgIpc) is 2.61. The number of rotatable bonds is 7. The van der Waals surface area contributed by atoms with Crippen LogP contribution in [-0.4, -0.2) is 45.4 Å². The van der Waals surface area contributed by atoms with E-state index >= 15 is 0 Å². The van der Waals surface area contributed by atoms with Crippen molar-refractivity contribution in [1.29, 1.82) is 0 Å². The maximum Gasteiger partial charge on any atom is 0.310 e. The zero-order valence-corrected chi connectivity index (χ0v) is 18.1. The summed E-state index contributed by atoms with van der Waals surface area (Å²) in [5, 5.41) is 20.1. The summed E-state index contributed by atoms with van der Waals surface area (Å²) in [5.74, 6) is -3.58. The van der Waals surface area contributed by atoms with Crippen LogP contribution in [0, 0.1) is 0 Å². The Labute approximate surface area is 180 Å². The molecule has 1 atom stereocenters. The minimum absolute atomic E-state index is 0.113. The van der Waals surface area contributed by atoms with E-state index in [1.54, 1.807) is 19.9 Å². The molecule has 8 heteroatoms. The van der Waals surface area contributed by atoms with Gasteiger partial charge in [0.2, 0.25) is 0 Å². The Balaban J connectivity index is 2.38. The van der Waals surface area contributed by atoms with Crippen molar-refractivity contribution in [1.82, 2.24) is 0 Å². The quantitative estimate of drug-likeness (QED) is 0.383. The number of phenolic OH excluding ortho intramolecular Hbond substituents is 2. The third-order valence-corrected chi connectivity index (χ3v) is 4.53. The van der Waals surface area contributed by atoms with E-state index in [9.17, 15) is 29.4 Å². The fourth-order valence-corrected chi connectivity index (χ4v) is 3.28. The number of fused-ring (bicyclic) bond motifs is 1. The lowest BCUT2D eigenvalue weighted by atomic mass is 9.85. The summed E-state index contributed by atoms with van der Waals surface area (Å²) in [4.78, 5) is 49.4. The first-order valence-corrected chi connectivity index (χ1v) is 9.70. The van der Waals surface area contributed by atoms with Gasteiger partial charge in [-0.05, 0) is 45.9 Å². The van der Waals surface area contributed by atoms with Crippen molar-refractivity contribution in [2.45, 2.75) is 59.2 Å². The fraction of sp³-hybridized carbons (Fsp3) is 0.391. The zero-order chi connectivity index (χ0) is 23.5. The molecule has 0 radical (unpaired) electrons. The molecule has 0 amide bonds. The van der Waals surface area contributed by atoms with Gasteiger partial charge in [0.15, 0.2) is 11.6 Å². The minimum atomic E-state index is -1.12. The molecular formula is C23H26O8. The lowest BCUT2D eigenvalue weighted by Crippen LogP contribution is -2.34. The van der Waals surface area contributed by atoms with Gasteiger partial charge in [-0.15, -0.1) is 0 Å². The smallest absolute Gasteiger partial charge is 0.310 e. The zero-order valence-electron chi connectivity index (χ0n) is 18.1. The number of benzene rings is 1. The molecule has 0 aromatic heterocycles. The number of Topliss-reactive ketones (excluding diaryl/α,β-unsaturated/α-hetero) is 1. The number of carbonyl (C=O) groups excluding carboxylic acids is 4. The number of ketones is 2. The molecule has 1 aromatic carbocycles. The molecule has 0 heterocycles. The first-order valence-electron chi connectivity index (χ1n) is 9.70. The lowest BCUT2D eigenvalue weighted by molar-refractivity contribution is -0.162. The lowest BCUT2D eigenvalue weighted by Gasteiger charge is -2.26. The normalized spacial score (nSPS) is 14.3. The van der Waals surface area contributed by atoms with Gasteiger partial charge in [-0.25, -0.2) is 0 Å². The van der Waals surface area contributed by atoms with Crippen LogP contribution in [0.4, 0.5) is 0 Å². The standard InChI is InChI=1S/C23H26O8/c1-12(2)6-9-18(30-19(28)11-23(4,5)31-13(3)24)14-10-17(27)20-15(25)7-8-16(26)21(20)22(14)29/h6-8,10,18,25-26H,9,11H2,1-5H3/t18-/m1/s1. The predicted molar refractivity (Wildman–Crippen MR) is 111 cm³/mol. The van der Waals surface area contributed by atoms with Crippen molar-refractivity contribution in [3.8, 4) is 11.5 Å². The Hall–Kier alpha value is -3.42. The van der Waals surface area contributed by atoms with E-state index in [1.807, 2.05) is 13.8 Å². The molecule has 0 saturated carbocycles. The Morgan fingerprint density at radius 1 is 1.06 bits per heavy atom. The second-order valence-corrected chi connectivity index (χ2v) is 8.17. The van der Waals surface area contributed by atoms with Gasteiger partial charge >= 0.3 is 11.9 Å². The molecule has 0 spiro atoms. The van der Waals surface area contributed by atoms with Crippen molar-refractivity contribution in [3.63, 3.8) is 0 Å². The first-order chi connectivity index (χ1) is 14.3. The summed E-state index contributed by atoms with van der Waals surface area (Å²) < 4.78 is 10.6. The number of allylic oxidation sites excluding steroid dienone is 2. The van der Waals surface area contributed by atoms with Crippen LogP contribution in [0.3, 0.4) is 0 Å². The molecule has 1 aliphatic carbocycles. The number of esters is 2. The highest BCUT2D eigenvalue weighted by Crippen LogP contribution is 2.36. The van der Waals surface area contributed by atoms with Crippen LogP contribution in [0.5, 0.6) is 11.5 Å². The summed E-state index contributed by atoms with van der Waals surface area (Å²) in [6.45, 7) is 7.97. The Kier molecular flexibility index (Phi) is 7.05. The molecule has 0 bridgehead atoms. The molecule has 166 valence electrons. The number of ether oxygens (including phenoxy) is 2. The minimum Gasteiger partial charge on any atom is -0.507 e. The predicted octanol–water partition coefficient (Wildman–Crippen LogP) is 3.40. The molecule has 8 nitrogen and oxygen atoms in total. The molecule has 0 saturated heterocycles. The van der Waals surface area contributed by atoms with E-state index in [0.29, 0.717) is 0 Å². The molecule has 1 aliphatic rings. The maximum absolute atomic E-state index is 13.1. The fourth-order valence-electron chi connectivity index (χ4n) is 3.28. The van der Waals surface area contributed by atoms with E-state index in [1.165, 1.54) is 6.92 Å². The van der Waals surface area contributed by atoms with Crippen LogP contribution in [0.25, 0.3) is 0 Å². The van der Waals surface area contributed by atoms with E-state index < -0.39 is 46.7 Å².